The van der Waals surface area contributed by atoms with Crippen LogP contribution in [-0.2, 0) is 9.59 Å². The zero-order chi connectivity index (χ0) is 21.1. The molecule has 0 radical (unpaired) electrons. The van der Waals surface area contributed by atoms with Gasteiger partial charge in [-0.2, -0.15) is 0 Å². The van der Waals surface area contributed by atoms with E-state index >= 15 is 0 Å². The molecule has 0 bridgehead atoms. The maximum absolute atomic E-state index is 12.9. The molecule has 2 amide bonds. The van der Waals surface area contributed by atoms with Gasteiger partial charge in [0.25, 0.3) is 5.91 Å². The summed E-state index contributed by atoms with van der Waals surface area (Å²) in [4.78, 5) is 29.3. The van der Waals surface area contributed by atoms with E-state index in [4.69, 9.17) is 21.1 Å². The van der Waals surface area contributed by atoms with E-state index in [0.717, 1.165) is 0 Å². The van der Waals surface area contributed by atoms with Crippen molar-refractivity contribution >= 4 is 29.1 Å². The Bertz CT molecular complexity index is 913. The molecule has 4 rings (SSSR count). The number of amides is 2. The van der Waals surface area contributed by atoms with Gasteiger partial charge in [-0.1, -0.05) is 23.7 Å². The Balaban J connectivity index is 1.28. The molecular formula is C22H24ClN3O4. The van der Waals surface area contributed by atoms with E-state index in [1.165, 1.54) is 0 Å². The molecule has 158 valence electrons. The number of hydrogen-bond acceptors (Lipinski definition) is 5. The normalized spacial score (nSPS) is 19.8. The van der Waals surface area contributed by atoms with Gasteiger partial charge >= 0.3 is 0 Å². The summed E-state index contributed by atoms with van der Waals surface area (Å²) in [7, 11) is 0. The second kappa shape index (κ2) is 8.93. The minimum absolute atomic E-state index is 0.0811. The second-order valence-corrected chi connectivity index (χ2v) is 7.83. The molecule has 7 nitrogen and oxygen atoms in total. The van der Waals surface area contributed by atoms with Crippen molar-refractivity contribution in [3.05, 3.63) is 53.6 Å². The summed E-state index contributed by atoms with van der Waals surface area (Å²) in [6.45, 7) is 4.39. The summed E-state index contributed by atoms with van der Waals surface area (Å²) in [6, 6.07) is 14.1. The number of piperazine rings is 1. The highest BCUT2D eigenvalue weighted by Gasteiger charge is 2.34. The van der Waals surface area contributed by atoms with Crippen LogP contribution in [0.5, 0.6) is 11.5 Å². The average molecular weight is 430 g/mol. The Morgan fingerprint density at radius 3 is 2.40 bits per heavy atom. The largest absolute Gasteiger partial charge is 0.485 e. The van der Waals surface area contributed by atoms with Crippen molar-refractivity contribution in [2.24, 2.45) is 0 Å². The van der Waals surface area contributed by atoms with Crippen molar-refractivity contribution in [2.45, 2.75) is 19.1 Å². The lowest BCUT2D eigenvalue weighted by Gasteiger charge is -2.39. The first-order valence-corrected chi connectivity index (χ1v) is 10.4. The second-order valence-electron chi connectivity index (χ2n) is 7.40. The molecule has 2 atom stereocenters. The number of nitrogens with one attached hydrogen (secondary N) is 1. The van der Waals surface area contributed by atoms with Gasteiger partial charge in [0.05, 0.1) is 6.04 Å². The van der Waals surface area contributed by atoms with Crippen molar-refractivity contribution in [1.82, 2.24) is 9.80 Å². The minimum Gasteiger partial charge on any atom is -0.485 e. The molecule has 30 heavy (non-hydrogen) atoms. The lowest BCUT2D eigenvalue weighted by atomic mass is 10.2. The first-order valence-electron chi connectivity index (χ1n) is 9.99. The van der Waals surface area contributed by atoms with Crippen LogP contribution in [-0.4, -0.2) is 66.5 Å². The standard InChI is InChI=1S/C22H24ClN3O4/c1-15(21(27)24-17-8-6-16(23)7-9-17)25-10-12-26(13-11-25)22(28)20-14-29-18-4-2-3-5-19(18)30-20/h2-9,15,20H,10-14H2,1H3,(H,24,27)/t15-,20+/m0/s1. The van der Waals surface area contributed by atoms with Gasteiger partial charge in [-0.3, -0.25) is 14.5 Å². The molecule has 1 N–H and O–H groups in total. The number of nitrogens with zero attached hydrogens (tertiary/aromatic N) is 2. The fourth-order valence-corrected chi connectivity index (χ4v) is 3.75. The molecule has 2 aromatic carbocycles. The molecule has 0 spiro atoms. The molecule has 2 aromatic rings. The lowest BCUT2D eigenvalue weighted by molar-refractivity contribution is -0.143. The van der Waals surface area contributed by atoms with Crippen molar-refractivity contribution < 1.29 is 19.1 Å². The van der Waals surface area contributed by atoms with Gasteiger partial charge in [0.2, 0.25) is 12.0 Å². The molecule has 1 saturated heterocycles. The molecule has 2 heterocycles. The van der Waals surface area contributed by atoms with Crippen LogP contribution in [0.2, 0.25) is 5.02 Å². The Morgan fingerprint density at radius 1 is 1.03 bits per heavy atom. The van der Waals surface area contributed by atoms with Gasteiger partial charge in [-0.25, -0.2) is 0 Å². The number of halogens is 1. The number of carbonyl (C=O) groups excluding carboxylic acids is 2. The number of para-hydroxylation sites is 2. The third kappa shape index (κ3) is 4.52. The van der Waals surface area contributed by atoms with E-state index in [9.17, 15) is 9.59 Å². The summed E-state index contributed by atoms with van der Waals surface area (Å²) in [5.74, 6) is 1.08. The molecule has 2 aliphatic rings. The lowest BCUT2D eigenvalue weighted by Crippen LogP contribution is -2.57. The SMILES string of the molecule is C[C@@H](C(=O)Nc1ccc(Cl)cc1)N1CCN(C(=O)[C@H]2COc3ccccc3O2)CC1. The summed E-state index contributed by atoms with van der Waals surface area (Å²) in [5, 5.41) is 3.53. The predicted octanol–water partition coefficient (Wildman–Crippen LogP) is 2.65. The van der Waals surface area contributed by atoms with Crippen LogP contribution in [0.25, 0.3) is 0 Å². The fourth-order valence-electron chi connectivity index (χ4n) is 3.62. The van der Waals surface area contributed by atoms with Gasteiger partial charge in [-0.15, -0.1) is 0 Å². The fraction of sp³-hybridized carbons (Fsp3) is 0.364. The summed E-state index contributed by atoms with van der Waals surface area (Å²) in [6.07, 6.45) is -0.642. The van der Waals surface area contributed by atoms with E-state index in [1.807, 2.05) is 25.1 Å². The number of hydrogen-bond donors (Lipinski definition) is 1. The minimum atomic E-state index is -0.642. The smallest absolute Gasteiger partial charge is 0.267 e. The van der Waals surface area contributed by atoms with Gasteiger partial charge < -0.3 is 19.7 Å². The molecule has 2 aliphatic heterocycles. The molecule has 1 fully saturated rings. The van der Waals surface area contributed by atoms with Crippen LogP contribution in [0.15, 0.2) is 48.5 Å². The van der Waals surface area contributed by atoms with E-state index < -0.39 is 6.10 Å². The number of ether oxygens (including phenoxy) is 2. The summed E-state index contributed by atoms with van der Waals surface area (Å²) < 4.78 is 11.5. The van der Waals surface area contributed by atoms with Gasteiger partial charge in [0.15, 0.2) is 11.5 Å². The van der Waals surface area contributed by atoms with Crippen molar-refractivity contribution in [3.8, 4) is 11.5 Å². The third-order valence-electron chi connectivity index (χ3n) is 5.45. The highest BCUT2D eigenvalue weighted by atomic mass is 35.5. The Kier molecular flexibility index (Phi) is 6.11. The number of carbonyl (C=O) groups is 2. The molecule has 0 aromatic heterocycles. The average Bonchev–Trinajstić information content (AvgIpc) is 2.79. The zero-order valence-corrected chi connectivity index (χ0v) is 17.5. The first kappa shape index (κ1) is 20.5. The van der Waals surface area contributed by atoms with E-state index in [0.29, 0.717) is 48.4 Å². The third-order valence-corrected chi connectivity index (χ3v) is 5.70. The predicted molar refractivity (Wildman–Crippen MR) is 114 cm³/mol. The van der Waals surface area contributed by atoms with Crippen LogP contribution < -0.4 is 14.8 Å². The van der Waals surface area contributed by atoms with E-state index in [-0.39, 0.29) is 24.5 Å². The molecule has 0 unspecified atom stereocenters. The maximum Gasteiger partial charge on any atom is 0.267 e. The molecule has 0 saturated carbocycles. The topological polar surface area (TPSA) is 71.1 Å². The monoisotopic (exact) mass is 429 g/mol. The van der Waals surface area contributed by atoms with Crippen molar-refractivity contribution in [1.29, 1.82) is 0 Å². The van der Waals surface area contributed by atoms with E-state index in [1.54, 1.807) is 35.2 Å². The van der Waals surface area contributed by atoms with E-state index in [2.05, 4.69) is 10.2 Å². The number of fused-ring (bicyclic) bond motifs is 1. The highest BCUT2D eigenvalue weighted by molar-refractivity contribution is 6.30. The quantitative estimate of drug-likeness (QED) is 0.809. The first-order chi connectivity index (χ1) is 14.5. The maximum atomic E-state index is 12.9. The Labute approximate surface area is 180 Å². The van der Waals surface area contributed by atoms with Crippen LogP contribution in [0.1, 0.15) is 6.92 Å². The van der Waals surface area contributed by atoms with Crippen molar-refractivity contribution in [2.75, 3.05) is 38.1 Å². The zero-order valence-electron chi connectivity index (χ0n) is 16.7. The van der Waals surface area contributed by atoms with Crippen LogP contribution in [0, 0.1) is 0 Å². The van der Waals surface area contributed by atoms with Gasteiger partial charge in [0.1, 0.15) is 6.61 Å². The number of anilines is 1. The van der Waals surface area contributed by atoms with Gasteiger partial charge in [-0.05, 0) is 43.3 Å². The summed E-state index contributed by atoms with van der Waals surface area (Å²) in [5.41, 5.74) is 0.708. The Hall–Kier alpha value is -2.77. The van der Waals surface area contributed by atoms with Crippen LogP contribution in [0.4, 0.5) is 5.69 Å². The number of benzene rings is 2. The molecule has 0 aliphatic carbocycles. The number of rotatable bonds is 4. The van der Waals surface area contributed by atoms with Gasteiger partial charge in [0, 0.05) is 36.9 Å². The summed E-state index contributed by atoms with van der Waals surface area (Å²) >= 11 is 5.88. The highest BCUT2D eigenvalue weighted by Crippen LogP contribution is 2.31. The van der Waals surface area contributed by atoms with Crippen LogP contribution >= 0.6 is 11.6 Å². The van der Waals surface area contributed by atoms with Crippen LogP contribution in [0.3, 0.4) is 0 Å². The van der Waals surface area contributed by atoms with Crippen molar-refractivity contribution in [3.63, 3.8) is 0 Å². The Morgan fingerprint density at radius 2 is 1.70 bits per heavy atom. The molecule has 8 heteroatoms. The molecular weight excluding hydrogens is 406 g/mol.